The van der Waals surface area contributed by atoms with E-state index in [1.165, 1.54) is 0 Å². The molecule has 0 unspecified atom stereocenters. The summed E-state index contributed by atoms with van der Waals surface area (Å²) in [5.41, 5.74) is 6.25. The zero-order chi connectivity index (χ0) is 15.3. The molecule has 1 aliphatic rings. The van der Waals surface area contributed by atoms with Crippen LogP contribution in [0.4, 0.5) is 0 Å². The number of rotatable bonds is 5. The quantitative estimate of drug-likeness (QED) is 0.841. The Morgan fingerprint density at radius 1 is 1.32 bits per heavy atom. The number of carbonyl (C=O) groups is 1. The lowest BCUT2D eigenvalue weighted by Gasteiger charge is -2.34. The van der Waals surface area contributed by atoms with Crippen LogP contribution in [-0.4, -0.2) is 32.2 Å². The molecule has 0 bridgehead atoms. The minimum Gasteiger partial charge on any atom is -0.381 e. The number of hydrogen-bond acceptors (Lipinski definition) is 3. The topological polar surface area (TPSA) is 64.4 Å². The minimum absolute atomic E-state index is 0. The SMILES string of the molecule is Cl.NCC1(C(=O)NCCc2cccc(Cl)c2Cl)CCOCC1. The normalized spacial score (nSPS) is 16.7. The van der Waals surface area contributed by atoms with Gasteiger partial charge >= 0.3 is 0 Å². The molecule has 1 heterocycles. The van der Waals surface area contributed by atoms with Crippen LogP contribution in [-0.2, 0) is 16.0 Å². The van der Waals surface area contributed by atoms with Crippen molar-refractivity contribution in [3.63, 3.8) is 0 Å². The zero-order valence-corrected chi connectivity index (χ0v) is 14.6. The predicted molar refractivity (Wildman–Crippen MR) is 92.0 cm³/mol. The van der Waals surface area contributed by atoms with Gasteiger partial charge in [0.05, 0.1) is 15.5 Å². The summed E-state index contributed by atoms with van der Waals surface area (Å²) in [5.74, 6) is 0.00597. The van der Waals surface area contributed by atoms with Gasteiger partial charge in [0, 0.05) is 26.3 Å². The van der Waals surface area contributed by atoms with Crippen LogP contribution in [0.3, 0.4) is 0 Å². The molecule has 1 saturated heterocycles. The van der Waals surface area contributed by atoms with Crippen molar-refractivity contribution in [1.29, 1.82) is 0 Å². The molecular formula is C15H21Cl3N2O2. The van der Waals surface area contributed by atoms with Crippen LogP contribution in [0.15, 0.2) is 18.2 Å². The average molecular weight is 368 g/mol. The van der Waals surface area contributed by atoms with Gasteiger partial charge in [0.1, 0.15) is 0 Å². The highest BCUT2D eigenvalue weighted by Gasteiger charge is 2.38. The van der Waals surface area contributed by atoms with Crippen molar-refractivity contribution in [3.05, 3.63) is 33.8 Å². The van der Waals surface area contributed by atoms with Gasteiger partial charge in [-0.15, -0.1) is 12.4 Å². The molecule has 1 aromatic carbocycles. The van der Waals surface area contributed by atoms with Crippen LogP contribution < -0.4 is 11.1 Å². The first-order valence-electron chi connectivity index (χ1n) is 7.08. The summed E-state index contributed by atoms with van der Waals surface area (Å²) in [7, 11) is 0. The lowest BCUT2D eigenvalue weighted by Crippen LogP contribution is -2.49. The van der Waals surface area contributed by atoms with E-state index in [9.17, 15) is 4.79 Å². The third-order valence-corrected chi connectivity index (χ3v) is 4.89. The molecule has 0 spiro atoms. The van der Waals surface area contributed by atoms with Crippen molar-refractivity contribution < 1.29 is 9.53 Å². The molecule has 0 aromatic heterocycles. The highest BCUT2D eigenvalue weighted by atomic mass is 35.5. The van der Waals surface area contributed by atoms with Crippen molar-refractivity contribution in [2.75, 3.05) is 26.3 Å². The number of halogens is 3. The van der Waals surface area contributed by atoms with Crippen molar-refractivity contribution in [2.45, 2.75) is 19.3 Å². The maximum absolute atomic E-state index is 12.4. The average Bonchev–Trinajstić information content (AvgIpc) is 2.52. The second-order valence-corrected chi connectivity index (χ2v) is 6.10. The lowest BCUT2D eigenvalue weighted by atomic mass is 9.79. The van der Waals surface area contributed by atoms with E-state index in [1.807, 2.05) is 12.1 Å². The summed E-state index contributed by atoms with van der Waals surface area (Å²) in [6.45, 7) is 2.04. The summed E-state index contributed by atoms with van der Waals surface area (Å²) < 4.78 is 5.31. The molecule has 22 heavy (non-hydrogen) atoms. The highest BCUT2D eigenvalue weighted by Crippen LogP contribution is 2.29. The van der Waals surface area contributed by atoms with E-state index in [-0.39, 0.29) is 18.3 Å². The standard InChI is InChI=1S/C15H20Cl2N2O2.ClH/c16-12-3-1-2-11(13(12)17)4-7-19-14(20)15(10-18)5-8-21-9-6-15;/h1-3H,4-10,18H2,(H,19,20);1H. The van der Waals surface area contributed by atoms with Crippen molar-refractivity contribution >= 4 is 41.5 Å². The van der Waals surface area contributed by atoms with Gasteiger partial charge in [-0.25, -0.2) is 0 Å². The fraction of sp³-hybridized carbons (Fsp3) is 0.533. The number of ether oxygens (including phenoxy) is 1. The molecular weight excluding hydrogens is 347 g/mol. The summed E-state index contributed by atoms with van der Waals surface area (Å²) in [5, 5.41) is 4.04. The Labute approximate surface area is 147 Å². The van der Waals surface area contributed by atoms with Crippen molar-refractivity contribution in [3.8, 4) is 0 Å². The summed E-state index contributed by atoms with van der Waals surface area (Å²) in [6, 6.07) is 5.51. The molecule has 1 fully saturated rings. The number of nitrogens with two attached hydrogens (primary N) is 1. The molecule has 0 atom stereocenters. The van der Waals surface area contributed by atoms with E-state index < -0.39 is 5.41 Å². The van der Waals surface area contributed by atoms with Crippen LogP contribution in [0.25, 0.3) is 0 Å². The highest BCUT2D eigenvalue weighted by molar-refractivity contribution is 6.42. The largest absolute Gasteiger partial charge is 0.381 e. The first-order chi connectivity index (χ1) is 10.1. The summed E-state index contributed by atoms with van der Waals surface area (Å²) in [6.07, 6.45) is 1.99. The third-order valence-electron chi connectivity index (χ3n) is 4.03. The molecule has 2 rings (SSSR count). The van der Waals surface area contributed by atoms with Gasteiger partial charge in [0.25, 0.3) is 0 Å². The molecule has 0 radical (unpaired) electrons. The van der Waals surface area contributed by atoms with Crippen molar-refractivity contribution in [2.24, 2.45) is 11.1 Å². The van der Waals surface area contributed by atoms with E-state index in [2.05, 4.69) is 5.32 Å². The van der Waals surface area contributed by atoms with Gasteiger partial charge in [-0.1, -0.05) is 35.3 Å². The monoisotopic (exact) mass is 366 g/mol. The molecule has 0 aliphatic carbocycles. The van der Waals surface area contributed by atoms with Gasteiger partial charge in [-0.05, 0) is 30.9 Å². The molecule has 1 aromatic rings. The van der Waals surface area contributed by atoms with Gasteiger partial charge in [-0.3, -0.25) is 4.79 Å². The maximum atomic E-state index is 12.4. The molecule has 4 nitrogen and oxygen atoms in total. The van der Waals surface area contributed by atoms with E-state index >= 15 is 0 Å². The molecule has 124 valence electrons. The Kier molecular flexibility index (Phi) is 7.94. The fourth-order valence-corrected chi connectivity index (χ4v) is 2.94. The number of hydrogen-bond donors (Lipinski definition) is 2. The molecule has 3 N–H and O–H groups in total. The van der Waals surface area contributed by atoms with Crippen LogP contribution >= 0.6 is 35.6 Å². The van der Waals surface area contributed by atoms with Crippen LogP contribution in [0, 0.1) is 5.41 Å². The Morgan fingerprint density at radius 2 is 2.00 bits per heavy atom. The second kappa shape index (κ2) is 8.94. The van der Waals surface area contributed by atoms with E-state index in [1.54, 1.807) is 6.07 Å². The van der Waals surface area contributed by atoms with Crippen molar-refractivity contribution in [1.82, 2.24) is 5.32 Å². The van der Waals surface area contributed by atoms with Gasteiger partial charge in [-0.2, -0.15) is 0 Å². The second-order valence-electron chi connectivity index (χ2n) is 5.32. The summed E-state index contributed by atoms with van der Waals surface area (Å²) >= 11 is 12.1. The van der Waals surface area contributed by atoms with Gasteiger partial charge in [0.15, 0.2) is 0 Å². The number of nitrogens with one attached hydrogen (secondary N) is 1. The molecule has 7 heteroatoms. The number of amides is 1. The summed E-state index contributed by atoms with van der Waals surface area (Å²) in [4.78, 5) is 12.4. The molecule has 1 amide bonds. The maximum Gasteiger partial charge on any atom is 0.227 e. The van der Waals surface area contributed by atoms with Crippen LogP contribution in [0.1, 0.15) is 18.4 Å². The van der Waals surface area contributed by atoms with E-state index in [0.717, 1.165) is 5.56 Å². The number of benzene rings is 1. The lowest BCUT2D eigenvalue weighted by molar-refractivity contribution is -0.135. The first-order valence-corrected chi connectivity index (χ1v) is 7.84. The third kappa shape index (κ3) is 4.49. The van der Waals surface area contributed by atoms with Crippen LogP contribution in [0.2, 0.25) is 10.0 Å². The first kappa shape index (κ1) is 19.5. The Morgan fingerprint density at radius 3 is 2.64 bits per heavy atom. The van der Waals surface area contributed by atoms with Crippen LogP contribution in [0.5, 0.6) is 0 Å². The number of carbonyl (C=O) groups excluding carboxylic acids is 1. The molecule has 0 saturated carbocycles. The Balaban J connectivity index is 0.00000242. The van der Waals surface area contributed by atoms with Gasteiger partial charge < -0.3 is 15.8 Å². The molecule has 1 aliphatic heterocycles. The van der Waals surface area contributed by atoms with Gasteiger partial charge in [0.2, 0.25) is 5.91 Å². The fourth-order valence-electron chi connectivity index (χ4n) is 2.53. The minimum atomic E-state index is -0.490. The van der Waals surface area contributed by atoms with E-state index in [4.69, 9.17) is 33.7 Å². The zero-order valence-electron chi connectivity index (χ0n) is 12.2. The van der Waals surface area contributed by atoms with E-state index in [0.29, 0.717) is 55.6 Å². The Hall–Kier alpha value is -0.520. The Bertz CT molecular complexity index is 506. The predicted octanol–water partition coefficient (Wildman–Crippen LogP) is 2.83. The smallest absolute Gasteiger partial charge is 0.227 e.